The molecule has 0 aliphatic carbocycles. The van der Waals surface area contributed by atoms with Gasteiger partial charge in [-0.2, -0.15) is 11.8 Å². The molecule has 1 aliphatic rings. The van der Waals surface area contributed by atoms with Crippen LogP contribution in [0.15, 0.2) is 12.7 Å². The van der Waals surface area contributed by atoms with Gasteiger partial charge in [-0.3, -0.25) is 9.13 Å². The van der Waals surface area contributed by atoms with Gasteiger partial charge in [0.1, 0.15) is 30.2 Å². The van der Waals surface area contributed by atoms with Crippen LogP contribution in [-0.4, -0.2) is 84.5 Å². The number of ether oxygens (including phenoxy) is 1. The van der Waals surface area contributed by atoms with E-state index in [1.807, 2.05) is 0 Å². The van der Waals surface area contributed by atoms with Crippen LogP contribution in [0.3, 0.4) is 0 Å². The van der Waals surface area contributed by atoms with Crippen LogP contribution < -0.4 is 10.6 Å². The number of aliphatic hydroxyl groups is 3. The summed E-state index contributed by atoms with van der Waals surface area (Å²) in [6.45, 7) is -1.36. The largest absolute Gasteiger partial charge is 0.756 e. The van der Waals surface area contributed by atoms with Gasteiger partial charge in [-0.05, 0) is 6.26 Å². The number of imidazole rings is 1. The molecule has 3 rings (SSSR count). The maximum absolute atomic E-state index is 12.1. The number of thioether (sulfide) groups is 1. The molecule has 1 unspecified atom stereocenters. The molecule has 0 amide bonds. The van der Waals surface area contributed by atoms with Gasteiger partial charge in [0, 0.05) is 5.75 Å². The smallest absolute Gasteiger partial charge is 0.268 e. The average Bonchev–Trinajstić information content (AvgIpc) is 3.23. The SMILES string of the molecule is CSC[C@H]1O[C@@H](n2cnc3c(N)ncnc32)[C@H](O)[C@@H]1OP(=O)([O-])OC[C@H](O)CO. The number of fused-ring (bicyclic) bond motifs is 1. The average molecular weight is 450 g/mol. The van der Waals surface area contributed by atoms with Crippen molar-refractivity contribution >= 4 is 36.6 Å². The Balaban J connectivity index is 1.82. The summed E-state index contributed by atoms with van der Waals surface area (Å²) in [6.07, 6.45) is -1.54. The van der Waals surface area contributed by atoms with Crippen molar-refractivity contribution in [3.63, 3.8) is 0 Å². The van der Waals surface area contributed by atoms with Crippen LogP contribution in [0.2, 0.25) is 0 Å². The zero-order chi connectivity index (χ0) is 21.2. The topological polar surface area (TPSA) is 198 Å². The second kappa shape index (κ2) is 9.20. The molecule has 0 bridgehead atoms. The Morgan fingerprint density at radius 3 is 2.93 bits per heavy atom. The number of nitrogen functional groups attached to an aromatic ring is 1. The predicted octanol–water partition coefficient (Wildman–Crippen LogP) is -1.75. The summed E-state index contributed by atoms with van der Waals surface area (Å²) in [5.41, 5.74) is 6.38. The van der Waals surface area contributed by atoms with Gasteiger partial charge in [-0.25, -0.2) is 15.0 Å². The first-order valence-electron chi connectivity index (χ1n) is 8.45. The van der Waals surface area contributed by atoms with Crippen LogP contribution in [-0.2, 0) is 18.3 Å². The van der Waals surface area contributed by atoms with E-state index in [-0.39, 0.29) is 5.82 Å². The lowest BCUT2D eigenvalue weighted by Gasteiger charge is -2.29. The molecule has 0 saturated carbocycles. The van der Waals surface area contributed by atoms with E-state index >= 15 is 0 Å². The number of nitrogens with two attached hydrogens (primary N) is 1. The minimum Gasteiger partial charge on any atom is -0.756 e. The van der Waals surface area contributed by atoms with E-state index in [0.29, 0.717) is 16.9 Å². The van der Waals surface area contributed by atoms with E-state index in [1.54, 1.807) is 6.26 Å². The third kappa shape index (κ3) is 4.87. The van der Waals surface area contributed by atoms with Crippen LogP contribution in [0.5, 0.6) is 0 Å². The van der Waals surface area contributed by atoms with Crippen LogP contribution in [0.1, 0.15) is 6.23 Å². The van der Waals surface area contributed by atoms with Crippen LogP contribution >= 0.6 is 19.6 Å². The molecule has 162 valence electrons. The summed E-state index contributed by atoms with van der Waals surface area (Å²) >= 11 is 1.37. The highest BCUT2D eigenvalue weighted by molar-refractivity contribution is 7.98. The highest BCUT2D eigenvalue weighted by Crippen LogP contribution is 2.45. The van der Waals surface area contributed by atoms with Gasteiger partial charge < -0.3 is 39.7 Å². The first kappa shape index (κ1) is 22.3. The molecule has 6 atom stereocenters. The molecular formula is C14H21N5O8PS-. The molecule has 0 spiro atoms. The Kier molecular flexibility index (Phi) is 7.09. The van der Waals surface area contributed by atoms with Gasteiger partial charge in [-0.1, -0.05) is 0 Å². The standard InChI is InChI=1S/C14H22N5O8PS/c1-29-4-8-11(27-28(23,24)25-3-7(21)2-20)10(22)14(26-8)19-6-18-9-12(15)16-5-17-13(9)19/h5-8,10-11,14,20-22H,2-4H2,1H3,(H,23,24)(H2,15,16,17)/p-1/t7-,8-,10-,11-,14-/m1/s1. The Labute approximate surface area is 169 Å². The zero-order valence-corrected chi connectivity index (χ0v) is 17.0. The van der Waals surface area contributed by atoms with Crippen molar-refractivity contribution < 1.29 is 38.6 Å². The van der Waals surface area contributed by atoms with Crippen LogP contribution in [0, 0.1) is 0 Å². The summed E-state index contributed by atoms with van der Waals surface area (Å²) in [5.74, 6) is 0.468. The molecule has 5 N–H and O–H groups in total. The van der Waals surface area contributed by atoms with Gasteiger partial charge in [0.05, 0.1) is 25.6 Å². The fourth-order valence-electron chi connectivity index (χ4n) is 2.84. The number of aliphatic hydroxyl groups excluding tert-OH is 3. The maximum Gasteiger partial charge on any atom is 0.268 e. The number of rotatable bonds is 9. The number of anilines is 1. The summed E-state index contributed by atoms with van der Waals surface area (Å²) in [5, 5.41) is 28.8. The van der Waals surface area contributed by atoms with Crippen molar-refractivity contribution in [1.82, 2.24) is 19.5 Å². The Hall–Kier alpha value is -1.35. The number of hydrogen-bond acceptors (Lipinski definition) is 13. The molecule has 0 aromatic carbocycles. The van der Waals surface area contributed by atoms with Crippen LogP contribution in [0.25, 0.3) is 11.2 Å². The molecule has 15 heteroatoms. The first-order valence-corrected chi connectivity index (χ1v) is 11.3. The van der Waals surface area contributed by atoms with Gasteiger partial charge in [0.2, 0.25) is 0 Å². The minimum absolute atomic E-state index is 0.148. The molecule has 2 aromatic rings. The normalized spacial score (nSPS) is 27.9. The quantitative estimate of drug-likeness (QED) is 0.314. The lowest BCUT2D eigenvalue weighted by Crippen LogP contribution is -2.36. The molecule has 2 aromatic heterocycles. The fraction of sp³-hybridized carbons (Fsp3) is 0.643. The Bertz CT molecular complexity index is 887. The molecule has 1 saturated heterocycles. The van der Waals surface area contributed by atoms with E-state index in [9.17, 15) is 19.7 Å². The minimum atomic E-state index is -4.91. The van der Waals surface area contributed by atoms with E-state index in [2.05, 4.69) is 19.5 Å². The molecule has 1 fully saturated rings. The number of nitrogens with zero attached hydrogens (tertiary/aromatic N) is 4. The number of phosphoric ester groups is 1. The molecular weight excluding hydrogens is 429 g/mol. The monoisotopic (exact) mass is 450 g/mol. The van der Waals surface area contributed by atoms with Crippen molar-refractivity contribution in [2.75, 3.05) is 31.0 Å². The second-order valence-electron chi connectivity index (χ2n) is 6.24. The third-order valence-electron chi connectivity index (χ3n) is 4.19. The highest BCUT2D eigenvalue weighted by Gasteiger charge is 2.47. The molecule has 13 nitrogen and oxygen atoms in total. The van der Waals surface area contributed by atoms with Crippen molar-refractivity contribution in [1.29, 1.82) is 0 Å². The summed E-state index contributed by atoms with van der Waals surface area (Å²) in [4.78, 5) is 24.2. The van der Waals surface area contributed by atoms with Crippen LogP contribution in [0.4, 0.5) is 5.82 Å². The third-order valence-corrected chi connectivity index (χ3v) is 5.82. The van der Waals surface area contributed by atoms with E-state index in [4.69, 9.17) is 20.1 Å². The molecule has 0 radical (unpaired) electrons. The lowest BCUT2D eigenvalue weighted by atomic mass is 10.1. The van der Waals surface area contributed by atoms with Crippen molar-refractivity contribution in [2.45, 2.75) is 30.6 Å². The maximum atomic E-state index is 12.1. The van der Waals surface area contributed by atoms with E-state index in [1.165, 1.54) is 29.0 Å². The van der Waals surface area contributed by atoms with Crippen molar-refractivity contribution in [3.8, 4) is 0 Å². The lowest BCUT2D eigenvalue weighted by molar-refractivity contribution is -0.235. The number of aromatic nitrogens is 4. The summed E-state index contributed by atoms with van der Waals surface area (Å²) in [7, 11) is -4.91. The van der Waals surface area contributed by atoms with Gasteiger partial charge in [0.15, 0.2) is 17.7 Å². The van der Waals surface area contributed by atoms with Gasteiger partial charge in [0.25, 0.3) is 7.82 Å². The van der Waals surface area contributed by atoms with Gasteiger partial charge in [-0.15, -0.1) is 0 Å². The highest BCUT2D eigenvalue weighted by atomic mass is 32.2. The fourth-order valence-corrected chi connectivity index (χ4v) is 4.41. The Morgan fingerprint density at radius 2 is 2.24 bits per heavy atom. The second-order valence-corrected chi connectivity index (χ2v) is 8.52. The summed E-state index contributed by atoms with van der Waals surface area (Å²) in [6, 6.07) is 0. The molecule has 29 heavy (non-hydrogen) atoms. The Morgan fingerprint density at radius 1 is 1.48 bits per heavy atom. The molecule has 3 heterocycles. The van der Waals surface area contributed by atoms with Crippen molar-refractivity contribution in [3.05, 3.63) is 12.7 Å². The number of phosphoric acid groups is 1. The van der Waals surface area contributed by atoms with Gasteiger partial charge >= 0.3 is 0 Å². The van der Waals surface area contributed by atoms with Crippen molar-refractivity contribution in [2.24, 2.45) is 0 Å². The predicted molar refractivity (Wildman–Crippen MR) is 99.6 cm³/mol. The number of hydrogen-bond donors (Lipinski definition) is 4. The summed E-state index contributed by atoms with van der Waals surface area (Å²) < 4.78 is 29.0. The van der Waals surface area contributed by atoms with E-state index in [0.717, 1.165) is 0 Å². The first-order chi connectivity index (χ1) is 13.8. The van der Waals surface area contributed by atoms with E-state index < -0.39 is 51.7 Å². The molecule has 1 aliphatic heterocycles. The zero-order valence-electron chi connectivity index (χ0n) is 15.3.